The van der Waals surface area contributed by atoms with Crippen LogP contribution in [0.4, 0.5) is 0 Å². The average Bonchev–Trinajstić information content (AvgIpc) is 3.95. The van der Waals surface area contributed by atoms with E-state index in [1.54, 1.807) is 0 Å². The Morgan fingerprint density at radius 1 is 0.850 bits per heavy atom. The maximum Gasteiger partial charge on any atom is 0.306 e. The number of H-pyrrole nitrogens is 3. The molecule has 0 unspecified atom stereocenters. The molecule has 8 nitrogen and oxygen atoms in total. The summed E-state index contributed by atoms with van der Waals surface area (Å²) < 4.78 is 5.77. The number of aromatic nitrogens is 3. The Morgan fingerprint density at radius 2 is 1.55 bits per heavy atom. The zero-order valence-electron chi connectivity index (χ0n) is 38.3. The number of nitrogens with one attached hydrogen (secondary N) is 4. The quantitative estimate of drug-likeness (QED) is 0.0416. The molecule has 1 aliphatic carbocycles. The van der Waals surface area contributed by atoms with Crippen LogP contribution in [-0.4, -0.2) is 39.6 Å². The van der Waals surface area contributed by atoms with Gasteiger partial charge in [0.1, 0.15) is 18.8 Å². The number of aryl methyl sites for hydroxylation is 1. The van der Waals surface area contributed by atoms with Crippen LogP contribution < -0.4 is 16.0 Å². The topological polar surface area (TPSA) is 120 Å². The lowest BCUT2D eigenvalue weighted by Gasteiger charge is -2.18. The first-order valence-corrected chi connectivity index (χ1v) is 23.1. The zero-order chi connectivity index (χ0) is 43.2. The summed E-state index contributed by atoms with van der Waals surface area (Å²) in [6.45, 7) is 22.4. The summed E-state index contributed by atoms with van der Waals surface area (Å²) in [7, 11) is 0. The van der Waals surface area contributed by atoms with Crippen LogP contribution in [0.1, 0.15) is 174 Å². The molecule has 1 fully saturated rings. The molecule has 0 radical (unpaired) electrons. The van der Waals surface area contributed by atoms with Crippen LogP contribution in [0, 0.1) is 56.3 Å². The van der Waals surface area contributed by atoms with Gasteiger partial charge in [-0.15, -0.1) is 0 Å². The van der Waals surface area contributed by atoms with Gasteiger partial charge >= 0.3 is 5.97 Å². The second kappa shape index (κ2) is 19.9. The minimum atomic E-state index is -0.926. The molecule has 2 aliphatic heterocycles. The van der Waals surface area contributed by atoms with Crippen molar-refractivity contribution in [3.05, 3.63) is 90.4 Å². The van der Waals surface area contributed by atoms with E-state index in [0.717, 1.165) is 93.6 Å². The second-order valence-electron chi connectivity index (χ2n) is 19.0. The molecule has 3 aliphatic rings. The Kier molecular flexibility index (Phi) is 14.9. The van der Waals surface area contributed by atoms with Gasteiger partial charge in [0.05, 0.1) is 5.69 Å². The highest BCUT2D eigenvalue weighted by Crippen LogP contribution is 2.47. The van der Waals surface area contributed by atoms with Crippen molar-refractivity contribution in [2.24, 2.45) is 35.5 Å². The number of aldehydes is 1. The monoisotopic (exact) mass is 817 g/mol. The predicted octanol–water partition coefficient (Wildman–Crippen LogP) is 10.5. The highest BCUT2D eigenvalue weighted by Gasteiger charge is 2.45. The molecular formula is C52H72N4O4. The van der Waals surface area contributed by atoms with Gasteiger partial charge < -0.3 is 29.8 Å². The van der Waals surface area contributed by atoms with Gasteiger partial charge in [0.15, 0.2) is 5.78 Å². The predicted molar refractivity (Wildman–Crippen MR) is 246 cm³/mol. The molecule has 5 atom stereocenters. The summed E-state index contributed by atoms with van der Waals surface area (Å²) in [5, 5.41) is 5.74. The number of ether oxygens (including phenoxy) is 1. The molecule has 3 aromatic rings. The van der Waals surface area contributed by atoms with Gasteiger partial charge in [-0.25, -0.2) is 0 Å². The molecule has 0 amide bonds. The SMILES string of the molecule is CCc1c(C)/c2[nH]/c1=C\c1[nH]c3c(c1C)C(=O)[C@H](C=O)/C3=C1/N/C(=C\c3[nH]c(cc3C)\C=2)[C@@H](C)[C@@H]1CCC(=O)OC/C=C(\C)CCC[C@H](C)CCC[C@H](C)CCCC(C)C. The summed E-state index contributed by atoms with van der Waals surface area (Å²) in [6.07, 6.45) is 22.2. The number of carbonyl (C=O) groups is 3. The highest BCUT2D eigenvalue weighted by atomic mass is 16.5. The van der Waals surface area contributed by atoms with Crippen molar-refractivity contribution in [1.82, 2.24) is 20.3 Å². The molecule has 6 rings (SSSR count). The molecule has 8 bridgehead atoms. The maximum atomic E-state index is 14.0. The van der Waals surface area contributed by atoms with Gasteiger partial charge in [-0.1, -0.05) is 92.1 Å². The molecule has 4 N–H and O–H groups in total. The number of esters is 1. The number of fused-ring (bicyclic) bond motifs is 7. The lowest BCUT2D eigenvalue weighted by molar-refractivity contribution is -0.142. The first-order chi connectivity index (χ1) is 28.7. The second-order valence-corrected chi connectivity index (χ2v) is 19.0. The first kappa shape index (κ1) is 44.9. The van der Waals surface area contributed by atoms with Crippen molar-refractivity contribution in [2.75, 3.05) is 6.61 Å². The van der Waals surface area contributed by atoms with Crippen molar-refractivity contribution in [3.8, 4) is 0 Å². The van der Waals surface area contributed by atoms with Crippen LogP contribution in [-0.2, 0) is 20.7 Å². The van der Waals surface area contributed by atoms with Crippen molar-refractivity contribution >= 4 is 41.8 Å². The normalized spacial score (nSPS) is 22.8. The summed E-state index contributed by atoms with van der Waals surface area (Å²) in [5.74, 6) is 0.866. The lowest BCUT2D eigenvalue weighted by atomic mass is 9.85. The third-order valence-electron chi connectivity index (χ3n) is 13.8. The van der Waals surface area contributed by atoms with Crippen molar-refractivity contribution in [3.63, 3.8) is 0 Å². The van der Waals surface area contributed by atoms with Gasteiger partial charge in [-0.05, 0) is 124 Å². The highest BCUT2D eigenvalue weighted by molar-refractivity contribution is 6.22. The van der Waals surface area contributed by atoms with Crippen LogP contribution in [0.5, 0.6) is 0 Å². The number of carbonyl (C=O) groups excluding carboxylic acids is 3. The standard InChI is InChI=1S/C52H72N4O4/c1-11-39-35(8)43-26-38-25-34(7)42(53-38)27-44-36(9)40(50(55-44)49-41(29-57)52(59)48-37(10)45(56-51(48)49)28-46(39)54-43)21-22-47(58)60-24-23-33(6)20-14-19-32(5)18-13-17-31(4)16-12-15-30(2)3/h23,25-32,36,40-41,53-56H,11-22,24H2,1-10H3/b33-23+,43-26-,44-27-,46-28-,50-49-/t31-,32-,36+,40+,41-/m1/s1. The van der Waals surface area contributed by atoms with E-state index in [1.165, 1.54) is 61.6 Å². The van der Waals surface area contributed by atoms with Gasteiger partial charge in [-0.3, -0.25) is 9.59 Å². The van der Waals surface area contributed by atoms with Crippen molar-refractivity contribution in [1.29, 1.82) is 0 Å². The van der Waals surface area contributed by atoms with Gasteiger partial charge in [0.25, 0.3) is 0 Å². The molecule has 60 heavy (non-hydrogen) atoms. The van der Waals surface area contributed by atoms with E-state index in [0.29, 0.717) is 23.3 Å². The molecule has 5 heterocycles. The fourth-order valence-electron chi connectivity index (χ4n) is 9.92. The fourth-order valence-corrected chi connectivity index (χ4v) is 9.92. The zero-order valence-corrected chi connectivity index (χ0v) is 38.3. The van der Waals surface area contributed by atoms with E-state index in [2.05, 4.69) is 113 Å². The number of aromatic amines is 3. The van der Waals surface area contributed by atoms with Gasteiger partial charge in [0, 0.05) is 68.6 Å². The van der Waals surface area contributed by atoms with E-state index < -0.39 is 5.92 Å². The molecule has 0 aromatic carbocycles. The number of Topliss-reactive ketones (excluding diaryl/α,β-unsaturated/α-hetero) is 1. The molecule has 0 spiro atoms. The minimum absolute atomic E-state index is 0.0118. The van der Waals surface area contributed by atoms with Crippen LogP contribution in [0.3, 0.4) is 0 Å². The summed E-state index contributed by atoms with van der Waals surface area (Å²) in [4.78, 5) is 51.0. The number of allylic oxidation sites excluding steroid dienone is 4. The third kappa shape index (κ3) is 10.1. The molecule has 0 saturated carbocycles. The fraction of sp³-hybridized carbons (Fsp3) is 0.558. The summed E-state index contributed by atoms with van der Waals surface area (Å²) >= 11 is 0. The van der Waals surface area contributed by atoms with E-state index in [9.17, 15) is 14.4 Å². The number of hydrogen-bond donors (Lipinski definition) is 4. The smallest absolute Gasteiger partial charge is 0.306 e. The molecular weight excluding hydrogens is 745 g/mol. The Bertz CT molecular complexity index is 2270. The van der Waals surface area contributed by atoms with E-state index in [1.807, 2.05) is 6.92 Å². The molecule has 3 aromatic heterocycles. The number of rotatable bonds is 19. The first-order valence-electron chi connectivity index (χ1n) is 23.1. The Hall–Kier alpha value is -4.59. The van der Waals surface area contributed by atoms with Crippen molar-refractivity contribution in [2.45, 2.75) is 146 Å². The van der Waals surface area contributed by atoms with Crippen LogP contribution in [0.15, 0.2) is 29.1 Å². The maximum absolute atomic E-state index is 14.0. The number of ketones is 1. The summed E-state index contributed by atoms with van der Waals surface area (Å²) in [5.41, 5.74) is 12.2. The average molecular weight is 817 g/mol. The Balaban J connectivity index is 1.15. The Labute approximate surface area is 358 Å². The minimum Gasteiger partial charge on any atom is -0.461 e. The van der Waals surface area contributed by atoms with E-state index in [-0.39, 0.29) is 36.6 Å². The third-order valence-corrected chi connectivity index (χ3v) is 13.8. The van der Waals surface area contributed by atoms with Crippen LogP contribution in [0.25, 0.3) is 23.8 Å². The van der Waals surface area contributed by atoms with Gasteiger partial charge in [0.2, 0.25) is 0 Å². The van der Waals surface area contributed by atoms with E-state index in [4.69, 9.17) is 4.74 Å². The largest absolute Gasteiger partial charge is 0.461 e. The van der Waals surface area contributed by atoms with Crippen molar-refractivity contribution < 1.29 is 19.1 Å². The lowest BCUT2D eigenvalue weighted by Crippen LogP contribution is -2.18. The number of hydrogen-bond acceptors (Lipinski definition) is 5. The molecule has 1 saturated heterocycles. The molecule has 324 valence electrons. The van der Waals surface area contributed by atoms with E-state index >= 15 is 0 Å². The van der Waals surface area contributed by atoms with Crippen LogP contribution >= 0.6 is 0 Å². The summed E-state index contributed by atoms with van der Waals surface area (Å²) in [6, 6.07) is 2.16. The van der Waals surface area contributed by atoms with Crippen LogP contribution in [0.2, 0.25) is 0 Å². The van der Waals surface area contributed by atoms with Gasteiger partial charge in [-0.2, -0.15) is 0 Å². The molecule has 8 heteroatoms. The Morgan fingerprint density at radius 3 is 2.23 bits per heavy atom.